The van der Waals surface area contributed by atoms with Gasteiger partial charge in [-0.05, 0) is 40.7 Å². The first kappa shape index (κ1) is 16.5. The summed E-state index contributed by atoms with van der Waals surface area (Å²) in [5.74, 6) is 1.01. The molecule has 1 amide bonds. The third kappa shape index (κ3) is 3.28. The van der Waals surface area contributed by atoms with E-state index in [1.165, 1.54) is 5.56 Å². The number of carbonyl (C=O) groups excluding carboxylic acids is 1. The van der Waals surface area contributed by atoms with Gasteiger partial charge >= 0.3 is 0 Å². The summed E-state index contributed by atoms with van der Waals surface area (Å²) in [6.45, 7) is 12.6. The average molecular weight is 321 g/mol. The number of aromatic nitrogens is 1. The molecule has 3 heterocycles. The van der Waals surface area contributed by atoms with Gasteiger partial charge in [0.05, 0.1) is 12.3 Å². The van der Waals surface area contributed by atoms with E-state index in [2.05, 4.69) is 23.9 Å². The average Bonchev–Trinajstić information content (AvgIpc) is 2.97. The van der Waals surface area contributed by atoms with Crippen molar-refractivity contribution in [2.45, 2.75) is 46.7 Å². The van der Waals surface area contributed by atoms with E-state index < -0.39 is 0 Å². The Morgan fingerprint density at radius 2 is 2.09 bits per heavy atom. The first-order valence-corrected chi connectivity index (χ1v) is 8.41. The lowest BCUT2D eigenvalue weighted by Gasteiger charge is -2.34. The van der Waals surface area contributed by atoms with Gasteiger partial charge in [0.2, 0.25) is 5.91 Å². The molecule has 6 heteroatoms. The van der Waals surface area contributed by atoms with Crippen LogP contribution in [0.1, 0.15) is 37.3 Å². The van der Waals surface area contributed by atoms with Gasteiger partial charge in [0, 0.05) is 36.7 Å². The van der Waals surface area contributed by atoms with E-state index in [-0.39, 0.29) is 24.0 Å². The Morgan fingerprint density at radius 1 is 1.30 bits per heavy atom. The summed E-state index contributed by atoms with van der Waals surface area (Å²) in [6.07, 6.45) is 1.06. The zero-order valence-corrected chi connectivity index (χ0v) is 14.6. The molecule has 128 valence electrons. The molecule has 0 aliphatic carbocycles. The fourth-order valence-corrected chi connectivity index (χ4v) is 3.76. The van der Waals surface area contributed by atoms with Gasteiger partial charge in [0.1, 0.15) is 12.4 Å². The summed E-state index contributed by atoms with van der Waals surface area (Å²) >= 11 is 0. The number of aryl methyl sites for hydroxylation is 2. The van der Waals surface area contributed by atoms with Crippen LogP contribution in [0.5, 0.6) is 0 Å². The number of hydrogen-bond donors (Lipinski definition) is 0. The molecular formula is C17H27N3O3. The molecule has 1 unspecified atom stereocenters. The Labute approximate surface area is 137 Å². The predicted octanol–water partition coefficient (Wildman–Crippen LogP) is 1.75. The largest absolute Gasteiger partial charge is 0.371 e. The molecule has 2 saturated heterocycles. The number of carbonyl (C=O) groups is 1. The number of amides is 1. The maximum Gasteiger partial charge on any atom is 0.248 e. The first-order valence-electron chi connectivity index (χ1n) is 8.41. The maximum absolute atomic E-state index is 12.2. The zero-order chi connectivity index (χ0) is 16.6. The summed E-state index contributed by atoms with van der Waals surface area (Å²) in [6, 6.07) is 0.220. The lowest BCUT2D eigenvalue weighted by Crippen LogP contribution is -2.45. The summed E-state index contributed by atoms with van der Waals surface area (Å²) in [4.78, 5) is 16.6. The topological polar surface area (TPSA) is 58.8 Å². The standard InChI is InChI=1S/C17H27N3O3/c1-12(2)20-10-17(11-22-8-16(20)21)5-6-19(9-17)7-15-13(3)18-23-14(15)4/h12H,5-11H2,1-4H3. The highest BCUT2D eigenvalue weighted by atomic mass is 16.5. The predicted molar refractivity (Wildman–Crippen MR) is 86.0 cm³/mol. The van der Waals surface area contributed by atoms with Crippen LogP contribution in [0.15, 0.2) is 4.52 Å². The molecule has 1 aromatic heterocycles. The SMILES string of the molecule is Cc1noc(C)c1CN1CCC2(COCC(=O)N(C(C)C)C2)C1. The molecule has 1 atom stereocenters. The number of ether oxygens (including phenoxy) is 1. The van der Waals surface area contributed by atoms with Crippen molar-refractivity contribution in [1.29, 1.82) is 0 Å². The molecule has 2 aliphatic heterocycles. The minimum Gasteiger partial charge on any atom is -0.371 e. The number of hydrogen-bond acceptors (Lipinski definition) is 5. The number of rotatable bonds is 3. The molecule has 1 aromatic rings. The monoisotopic (exact) mass is 321 g/mol. The van der Waals surface area contributed by atoms with Crippen molar-refractivity contribution in [2.24, 2.45) is 5.41 Å². The van der Waals surface area contributed by atoms with E-state index >= 15 is 0 Å². The molecule has 0 N–H and O–H groups in total. The number of likely N-dealkylation sites (tertiary alicyclic amines) is 1. The van der Waals surface area contributed by atoms with Gasteiger partial charge in [-0.1, -0.05) is 5.16 Å². The van der Waals surface area contributed by atoms with Crippen molar-refractivity contribution in [3.63, 3.8) is 0 Å². The fraction of sp³-hybridized carbons (Fsp3) is 0.765. The third-order valence-corrected chi connectivity index (χ3v) is 5.16. The smallest absolute Gasteiger partial charge is 0.248 e. The maximum atomic E-state index is 12.2. The second kappa shape index (κ2) is 6.24. The molecule has 6 nitrogen and oxygen atoms in total. The molecule has 3 rings (SSSR count). The van der Waals surface area contributed by atoms with E-state index in [9.17, 15) is 4.79 Å². The molecule has 23 heavy (non-hydrogen) atoms. The molecule has 1 spiro atoms. The molecule has 2 aliphatic rings. The van der Waals surface area contributed by atoms with Crippen LogP contribution in [-0.4, -0.2) is 59.8 Å². The van der Waals surface area contributed by atoms with Gasteiger partial charge in [-0.15, -0.1) is 0 Å². The highest BCUT2D eigenvalue weighted by Gasteiger charge is 2.43. The van der Waals surface area contributed by atoms with E-state index in [1.54, 1.807) is 0 Å². The van der Waals surface area contributed by atoms with Crippen molar-refractivity contribution < 1.29 is 14.1 Å². The highest BCUT2D eigenvalue weighted by Crippen LogP contribution is 2.35. The Morgan fingerprint density at radius 3 is 2.74 bits per heavy atom. The molecule has 2 fully saturated rings. The van der Waals surface area contributed by atoms with Gasteiger partial charge in [-0.2, -0.15) is 0 Å². The van der Waals surface area contributed by atoms with Crippen molar-refractivity contribution in [2.75, 3.05) is 32.8 Å². The van der Waals surface area contributed by atoms with Gasteiger partial charge in [0.15, 0.2) is 0 Å². The Balaban J connectivity index is 1.71. The number of nitrogens with zero attached hydrogens (tertiary/aromatic N) is 3. The highest BCUT2D eigenvalue weighted by molar-refractivity contribution is 5.78. The van der Waals surface area contributed by atoms with E-state index in [0.717, 1.165) is 44.1 Å². The van der Waals surface area contributed by atoms with Crippen LogP contribution in [0.2, 0.25) is 0 Å². The van der Waals surface area contributed by atoms with Crippen molar-refractivity contribution >= 4 is 5.91 Å². The molecule has 0 aromatic carbocycles. The zero-order valence-electron chi connectivity index (χ0n) is 14.6. The van der Waals surface area contributed by atoms with Crippen LogP contribution in [0, 0.1) is 19.3 Å². The second-order valence-electron chi connectivity index (χ2n) is 7.37. The van der Waals surface area contributed by atoms with Gasteiger partial charge in [-0.3, -0.25) is 9.69 Å². The van der Waals surface area contributed by atoms with Gasteiger partial charge in [-0.25, -0.2) is 0 Å². The fourth-order valence-electron chi connectivity index (χ4n) is 3.76. The normalized spacial score (nSPS) is 26.5. The lowest BCUT2D eigenvalue weighted by molar-refractivity contribution is -0.135. The Kier molecular flexibility index (Phi) is 4.47. The van der Waals surface area contributed by atoms with Crippen LogP contribution in [-0.2, 0) is 16.1 Å². The second-order valence-corrected chi connectivity index (χ2v) is 7.37. The molecule has 0 radical (unpaired) electrons. The van der Waals surface area contributed by atoms with Crippen molar-refractivity contribution in [1.82, 2.24) is 15.0 Å². The van der Waals surface area contributed by atoms with Crippen LogP contribution < -0.4 is 0 Å². The van der Waals surface area contributed by atoms with Gasteiger partial charge < -0.3 is 14.2 Å². The van der Waals surface area contributed by atoms with Crippen LogP contribution in [0.3, 0.4) is 0 Å². The van der Waals surface area contributed by atoms with Crippen LogP contribution in [0.4, 0.5) is 0 Å². The van der Waals surface area contributed by atoms with Crippen LogP contribution in [0.25, 0.3) is 0 Å². The third-order valence-electron chi connectivity index (χ3n) is 5.16. The van der Waals surface area contributed by atoms with E-state index in [1.807, 2.05) is 18.7 Å². The lowest BCUT2D eigenvalue weighted by atomic mass is 9.87. The minimum atomic E-state index is 0.0510. The molecular weight excluding hydrogens is 294 g/mol. The summed E-state index contributed by atoms with van der Waals surface area (Å²) in [5, 5.41) is 4.04. The first-order chi connectivity index (χ1) is 10.9. The summed E-state index contributed by atoms with van der Waals surface area (Å²) < 4.78 is 11.0. The quantitative estimate of drug-likeness (QED) is 0.849. The minimum absolute atomic E-state index is 0.0510. The summed E-state index contributed by atoms with van der Waals surface area (Å²) in [5.41, 5.74) is 2.21. The molecule has 0 bridgehead atoms. The Bertz CT molecular complexity index is 564. The summed E-state index contributed by atoms with van der Waals surface area (Å²) in [7, 11) is 0. The van der Waals surface area contributed by atoms with Crippen LogP contribution >= 0.6 is 0 Å². The Hall–Kier alpha value is -1.40. The van der Waals surface area contributed by atoms with E-state index in [4.69, 9.17) is 9.26 Å². The van der Waals surface area contributed by atoms with E-state index in [0.29, 0.717) is 6.61 Å². The molecule has 0 saturated carbocycles. The van der Waals surface area contributed by atoms with Crippen molar-refractivity contribution in [3.05, 3.63) is 17.0 Å². The van der Waals surface area contributed by atoms with Gasteiger partial charge in [0.25, 0.3) is 0 Å². The van der Waals surface area contributed by atoms with Crippen molar-refractivity contribution in [3.8, 4) is 0 Å².